The van der Waals surface area contributed by atoms with Crippen molar-refractivity contribution in [3.63, 3.8) is 0 Å². The summed E-state index contributed by atoms with van der Waals surface area (Å²) in [6.07, 6.45) is -0.345. The van der Waals surface area contributed by atoms with Gasteiger partial charge in [0.1, 0.15) is 6.61 Å². The van der Waals surface area contributed by atoms with Gasteiger partial charge in [0.05, 0.1) is 6.54 Å². The third-order valence-electron chi connectivity index (χ3n) is 3.23. The molecule has 22 heavy (non-hydrogen) atoms. The van der Waals surface area contributed by atoms with Crippen molar-refractivity contribution in [2.24, 2.45) is 0 Å². The Kier molecular flexibility index (Phi) is 3.91. The lowest BCUT2D eigenvalue weighted by Crippen LogP contribution is -2.23. The Morgan fingerprint density at radius 3 is 2.18 bits per heavy atom. The molecule has 1 heterocycles. The summed E-state index contributed by atoms with van der Waals surface area (Å²) in [5.41, 5.74) is 2.11. The van der Waals surface area contributed by atoms with E-state index in [1.807, 2.05) is 30.3 Å². The number of cyclic esters (lactones) is 1. The number of para-hydroxylation sites is 1. The monoisotopic (exact) mass is 297 g/mol. The van der Waals surface area contributed by atoms with Crippen LogP contribution in [0.1, 0.15) is 0 Å². The Labute approximate surface area is 127 Å². The Morgan fingerprint density at radius 2 is 1.59 bits per heavy atom. The average Bonchev–Trinajstić information content (AvgIpc) is 2.95. The molecule has 1 saturated heterocycles. The van der Waals surface area contributed by atoms with Gasteiger partial charge in [-0.05, 0) is 36.4 Å². The Bertz CT molecular complexity index is 671. The number of ether oxygens (including phenoxy) is 1. The SMILES string of the molecule is O=C(Nc1ccccc1)Nc1ccc(N2CCOC2=O)cc1. The molecule has 1 aliphatic rings. The summed E-state index contributed by atoms with van der Waals surface area (Å²) < 4.78 is 4.89. The molecule has 6 heteroatoms. The number of nitrogens with one attached hydrogen (secondary N) is 2. The van der Waals surface area contributed by atoms with Crippen LogP contribution in [0.4, 0.5) is 26.7 Å². The van der Waals surface area contributed by atoms with Gasteiger partial charge in [-0.25, -0.2) is 9.59 Å². The zero-order valence-corrected chi connectivity index (χ0v) is 11.8. The van der Waals surface area contributed by atoms with Crippen LogP contribution in [0.3, 0.4) is 0 Å². The second kappa shape index (κ2) is 6.17. The number of rotatable bonds is 3. The lowest BCUT2D eigenvalue weighted by Gasteiger charge is -2.13. The van der Waals surface area contributed by atoms with Crippen molar-refractivity contribution < 1.29 is 14.3 Å². The molecule has 0 unspecified atom stereocenters. The highest BCUT2D eigenvalue weighted by atomic mass is 16.6. The van der Waals surface area contributed by atoms with Gasteiger partial charge in [-0.3, -0.25) is 4.90 Å². The third-order valence-corrected chi connectivity index (χ3v) is 3.23. The van der Waals surface area contributed by atoms with Crippen molar-refractivity contribution in [3.8, 4) is 0 Å². The van der Waals surface area contributed by atoms with Crippen LogP contribution in [0.15, 0.2) is 54.6 Å². The number of hydrogen-bond acceptors (Lipinski definition) is 3. The van der Waals surface area contributed by atoms with Crippen LogP contribution >= 0.6 is 0 Å². The molecule has 0 bridgehead atoms. The number of hydrogen-bond donors (Lipinski definition) is 2. The van der Waals surface area contributed by atoms with Crippen LogP contribution in [0.5, 0.6) is 0 Å². The summed E-state index contributed by atoms with van der Waals surface area (Å²) in [6.45, 7) is 0.943. The molecular weight excluding hydrogens is 282 g/mol. The summed E-state index contributed by atoms with van der Waals surface area (Å²) in [5.74, 6) is 0. The lowest BCUT2D eigenvalue weighted by molar-refractivity contribution is 0.181. The van der Waals surface area contributed by atoms with Crippen LogP contribution in [-0.2, 0) is 4.74 Å². The van der Waals surface area contributed by atoms with Crippen LogP contribution in [0.25, 0.3) is 0 Å². The van der Waals surface area contributed by atoms with Crippen LogP contribution < -0.4 is 15.5 Å². The average molecular weight is 297 g/mol. The minimum absolute atomic E-state index is 0.320. The highest BCUT2D eigenvalue weighted by Gasteiger charge is 2.23. The van der Waals surface area contributed by atoms with Crippen molar-refractivity contribution >= 4 is 29.2 Å². The highest BCUT2D eigenvalue weighted by molar-refractivity contribution is 6.00. The standard InChI is InChI=1S/C16H15N3O3/c20-15(17-12-4-2-1-3-5-12)18-13-6-8-14(9-7-13)19-10-11-22-16(19)21/h1-9H,10-11H2,(H2,17,18,20). The summed E-state index contributed by atoms with van der Waals surface area (Å²) in [4.78, 5) is 24.9. The fourth-order valence-corrected chi connectivity index (χ4v) is 2.17. The van der Waals surface area contributed by atoms with Crippen molar-refractivity contribution in [1.82, 2.24) is 0 Å². The van der Waals surface area contributed by atoms with Gasteiger partial charge < -0.3 is 15.4 Å². The van der Waals surface area contributed by atoms with E-state index < -0.39 is 0 Å². The Morgan fingerprint density at radius 1 is 0.955 bits per heavy atom. The number of anilines is 3. The number of carbonyl (C=O) groups is 2. The maximum absolute atomic E-state index is 11.9. The van der Waals surface area contributed by atoms with Gasteiger partial charge in [0, 0.05) is 17.1 Å². The molecule has 3 amide bonds. The van der Waals surface area contributed by atoms with Crippen molar-refractivity contribution in [2.45, 2.75) is 0 Å². The molecule has 0 radical (unpaired) electrons. The molecule has 112 valence electrons. The molecular formula is C16H15N3O3. The summed E-state index contributed by atoms with van der Waals surface area (Å²) in [7, 11) is 0. The molecule has 0 aromatic heterocycles. The van der Waals surface area contributed by atoms with E-state index in [1.165, 1.54) is 0 Å². The first-order valence-corrected chi connectivity index (χ1v) is 6.90. The maximum atomic E-state index is 11.9. The fourth-order valence-electron chi connectivity index (χ4n) is 2.17. The predicted octanol–water partition coefficient (Wildman–Crippen LogP) is 3.29. The number of carbonyl (C=O) groups excluding carboxylic acids is 2. The lowest BCUT2D eigenvalue weighted by atomic mass is 10.2. The molecule has 1 fully saturated rings. The summed E-state index contributed by atoms with van der Waals surface area (Å²) in [6, 6.07) is 15.9. The topological polar surface area (TPSA) is 70.7 Å². The van der Waals surface area contributed by atoms with Gasteiger partial charge in [0.25, 0.3) is 0 Å². The predicted molar refractivity (Wildman–Crippen MR) is 84.2 cm³/mol. The smallest absolute Gasteiger partial charge is 0.414 e. The van der Waals surface area contributed by atoms with Gasteiger partial charge in [-0.1, -0.05) is 18.2 Å². The molecule has 2 aromatic rings. The van der Waals surface area contributed by atoms with Gasteiger partial charge in [0.2, 0.25) is 0 Å². The molecule has 0 spiro atoms. The van der Waals surface area contributed by atoms with E-state index in [2.05, 4.69) is 10.6 Å². The number of amides is 3. The first-order valence-electron chi connectivity index (χ1n) is 6.90. The molecule has 0 aliphatic carbocycles. The van der Waals surface area contributed by atoms with Gasteiger partial charge in [-0.15, -0.1) is 0 Å². The van der Waals surface area contributed by atoms with Crippen LogP contribution in [0.2, 0.25) is 0 Å². The molecule has 0 atom stereocenters. The number of nitrogens with zero attached hydrogens (tertiary/aromatic N) is 1. The van der Waals surface area contributed by atoms with E-state index in [0.29, 0.717) is 18.8 Å². The maximum Gasteiger partial charge on any atom is 0.414 e. The number of benzene rings is 2. The zero-order chi connectivity index (χ0) is 15.4. The molecule has 6 nitrogen and oxygen atoms in total. The highest BCUT2D eigenvalue weighted by Crippen LogP contribution is 2.21. The molecule has 3 rings (SSSR count). The van der Waals surface area contributed by atoms with E-state index in [-0.39, 0.29) is 12.1 Å². The Balaban J connectivity index is 1.61. The molecule has 2 aromatic carbocycles. The molecule has 2 N–H and O–H groups in total. The van der Waals surface area contributed by atoms with Crippen molar-refractivity contribution in [2.75, 3.05) is 28.7 Å². The largest absolute Gasteiger partial charge is 0.447 e. The molecule has 1 aliphatic heterocycles. The van der Waals surface area contributed by atoms with E-state index in [9.17, 15) is 9.59 Å². The van der Waals surface area contributed by atoms with Crippen molar-refractivity contribution in [1.29, 1.82) is 0 Å². The van der Waals surface area contributed by atoms with Crippen LogP contribution in [0, 0.1) is 0 Å². The number of urea groups is 1. The minimum Gasteiger partial charge on any atom is -0.447 e. The van der Waals surface area contributed by atoms with E-state index >= 15 is 0 Å². The zero-order valence-electron chi connectivity index (χ0n) is 11.8. The third kappa shape index (κ3) is 3.17. The molecule has 0 saturated carbocycles. The Hall–Kier alpha value is -3.02. The van der Waals surface area contributed by atoms with Gasteiger partial charge >= 0.3 is 12.1 Å². The summed E-state index contributed by atoms with van der Waals surface area (Å²) in [5, 5.41) is 5.47. The first-order chi connectivity index (χ1) is 10.7. The van der Waals surface area contributed by atoms with Gasteiger partial charge in [0.15, 0.2) is 0 Å². The second-order valence-electron chi connectivity index (χ2n) is 4.76. The summed E-state index contributed by atoms with van der Waals surface area (Å²) >= 11 is 0. The van der Waals surface area contributed by atoms with Gasteiger partial charge in [-0.2, -0.15) is 0 Å². The first kappa shape index (κ1) is 13.9. The van der Waals surface area contributed by atoms with E-state index in [1.54, 1.807) is 29.2 Å². The second-order valence-corrected chi connectivity index (χ2v) is 4.76. The van der Waals surface area contributed by atoms with E-state index in [4.69, 9.17) is 4.74 Å². The van der Waals surface area contributed by atoms with E-state index in [0.717, 1.165) is 11.4 Å². The minimum atomic E-state index is -0.345. The normalized spacial score (nSPS) is 13.6. The quantitative estimate of drug-likeness (QED) is 0.913. The fraction of sp³-hybridized carbons (Fsp3) is 0.125. The van der Waals surface area contributed by atoms with Crippen LogP contribution in [-0.4, -0.2) is 25.3 Å². The van der Waals surface area contributed by atoms with Crippen molar-refractivity contribution in [3.05, 3.63) is 54.6 Å².